The topological polar surface area (TPSA) is 61.9 Å². The van der Waals surface area contributed by atoms with Gasteiger partial charge in [-0.05, 0) is 43.7 Å². The van der Waals surface area contributed by atoms with Crippen LogP contribution in [0.1, 0.15) is 19.3 Å². The molecular weight excluding hydrogens is 294 g/mol. The molecule has 2 aliphatic heterocycles. The van der Waals surface area contributed by atoms with Crippen molar-refractivity contribution in [1.82, 2.24) is 10.2 Å². The molecule has 2 fully saturated rings. The van der Waals surface area contributed by atoms with Gasteiger partial charge in [0, 0.05) is 38.3 Å². The summed E-state index contributed by atoms with van der Waals surface area (Å²) in [7, 11) is 0. The van der Waals surface area contributed by atoms with Gasteiger partial charge >= 0.3 is 0 Å². The van der Waals surface area contributed by atoms with Gasteiger partial charge in [-0.3, -0.25) is 9.59 Å². The second-order valence-corrected chi connectivity index (χ2v) is 5.92. The van der Waals surface area contributed by atoms with Crippen LogP contribution >= 0.6 is 0 Å². The van der Waals surface area contributed by atoms with Crippen LogP contribution in [-0.4, -0.2) is 56.0 Å². The van der Waals surface area contributed by atoms with Gasteiger partial charge in [0.1, 0.15) is 5.75 Å². The summed E-state index contributed by atoms with van der Waals surface area (Å²) < 4.78 is 5.59. The van der Waals surface area contributed by atoms with Gasteiger partial charge in [0.25, 0.3) is 5.91 Å². The van der Waals surface area contributed by atoms with E-state index in [9.17, 15) is 9.59 Å². The van der Waals surface area contributed by atoms with Gasteiger partial charge in [0.05, 0.1) is 0 Å². The van der Waals surface area contributed by atoms with E-state index in [0.29, 0.717) is 12.2 Å². The number of anilines is 1. The quantitative estimate of drug-likeness (QED) is 0.900. The first-order valence-electron chi connectivity index (χ1n) is 8.26. The lowest BCUT2D eigenvalue weighted by atomic mass is 10.3. The van der Waals surface area contributed by atoms with Crippen LogP contribution in [0.15, 0.2) is 24.3 Å². The highest BCUT2D eigenvalue weighted by Gasteiger charge is 2.21. The van der Waals surface area contributed by atoms with Crippen molar-refractivity contribution in [3.63, 3.8) is 0 Å². The van der Waals surface area contributed by atoms with Crippen molar-refractivity contribution in [3.8, 4) is 5.75 Å². The van der Waals surface area contributed by atoms with E-state index >= 15 is 0 Å². The van der Waals surface area contributed by atoms with Crippen LogP contribution in [0.4, 0.5) is 5.69 Å². The zero-order valence-corrected chi connectivity index (χ0v) is 13.3. The Hall–Kier alpha value is -2.08. The smallest absolute Gasteiger partial charge is 0.260 e. The van der Waals surface area contributed by atoms with Crippen LogP contribution in [0, 0.1) is 0 Å². The lowest BCUT2D eigenvalue weighted by Crippen LogP contribution is -2.37. The van der Waals surface area contributed by atoms with Crippen LogP contribution < -0.4 is 15.0 Å². The van der Waals surface area contributed by atoms with Crippen molar-refractivity contribution in [2.75, 3.05) is 44.2 Å². The van der Waals surface area contributed by atoms with Gasteiger partial charge in [-0.25, -0.2) is 0 Å². The van der Waals surface area contributed by atoms with Gasteiger partial charge in [0.15, 0.2) is 6.61 Å². The first-order valence-corrected chi connectivity index (χ1v) is 8.26. The molecule has 2 aliphatic rings. The zero-order valence-electron chi connectivity index (χ0n) is 13.3. The van der Waals surface area contributed by atoms with Crippen LogP contribution in [0.5, 0.6) is 5.75 Å². The molecule has 1 aromatic rings. The predicted molar refractivity (Wildman–Crippen MR) is 87.6 cm³/mol. The van der Waals surface area contributed by atoms with E-state index in [1.54, 1.807) is 4.90 Å². The largest absolute Gasteiger partial charge is 0.484 e. The average Bonchev–Trinajstić information content (AvgIpc) is 2.84. The molecule has 2 heterocycles. The second kappa shape index (κ2) is 7.46. The lowest BCUT2D eigenvalue weighted by Gasteiger charge is -2.20. The minimum Gasteiger partial charge on any atom is -0.484 e. The Morgan fingerprint density at radius 1 is 1.09 bits per heavy atom. The maximum absolute atomic E-state index is 12.2. The van der Waals surface area contributed by atoms with Gasteiger partial charge in [0.2, 0.25) is 5.91 Å². The van der Waals surface area contributed by atoms with Crippen molar-refractivity contribution in [1.29, 1.82) is 0 Å². The molecule has 1 aromatic carbocycles. The Morgan fingerprint density at radius 2 is 1.91 bits per heavy atom. The van der Waals surface area contributed by atoms with Crippen molar-refractivity contribution in [3.05, 3.63) is 24.3 Å². The fraction of sp³-hybridized carbons (Fsp3) is 0.529. The lowest BCUT2D eigenvalue weighted by molar-refractivity contribution is -0.133. The summed E-state index contributed by atoms with van der Waals surface area (Å²) in [6.45, 7) is 4.15. The van der Waals surface area contributed by atoms with E-state index in [0.717, 1.165) is 51.3 Å². The molecule has 6 heteroatoms. The van der Waals surface area contributed by atoms with Gasteiger partial charge in [-0.2, -0.15) is 0 Å². The summed E-state index contributed by atoms with van der Waals surface area (Å²) in [5, 5.41) is 3.28. The number of nitrogens with one attached hydrogen (secondary N) is 1. The number of benzene rings is 1. The Labute approximate surface area is 136 Å². The van der Waals surface area contributed by atoms with Gasteiger partial charge < -0.3 is 19.9 Å². The number of rotatable bonds is 4. The molecule has 1 N–H and O–H groups in total. The first kappa shape index (κ1) is 15.8. The van der Waals surface area contributed by atoms with Gasteiger partial charge in [-0.15, -0.1) is 0 Å². The van der Waals surface area contributed by atoms with E-state index in [1.165, 1.54) is 0 Å². The molecule has 0 saturated carbocycles. The highest BCUT2D eigenvalue weighted by Crippen LogP contribution is 2.23. The maximum Gasteiger partial charge on any atom is 0.260 e. The molecular formula is C17H23N3O3. The monoisotopic (exact) mass is 317 g/mol. The SMILES string of the molecule is O=C(COc1ccc(N2CCCC2=O)cc1)N1CCCNCC1. The Bertz CT molecular complexity index is 551. The molecule has 6 nitrogen and oxygen atoms in total. The summed E-state index contributed by atoms with van der Waals surface area (Å²) in [5.41, 5.74) is 0.893. The highest BCUT2D eigenvalue weighted by atomic mass is 16.5. The van der Waals surface area contributed by atoms with Crippen molar-refractivity contribution < 1.29 is 14.3 Å². The fourth-order valence-electron chi connectivity index (χ4n) is 2.97. The second-order valence-electron chi connectivity index (χ2n) is 5.92. The number of hydrogen-bond acceptors (Lipinski definition) is 4. The van der Waals surface area contributed by atoms with E-state index in [4.69, 9.17) is 4.74 Å². The van der Waals surface area contributed by atoms with Gasteiger partial charge in [-0.1, -0.05) is 0 Å². The number of carbonyl (C=O) groups excluding carboxylic acids is 2. The van der Waals surface area contributed by atoms with E-state index < -0.39 is 0 Å². The molecule has 0 aromatic heterocycles. The molecule has 3 rings (SSSR count). The standard InChI is InChI=1S/C17H23N3O3/c21-16-3-1-11-20(16)14-4-6-15(7-5-14)23-13-17(22)19-10-2-8-18-9-12-19/h4-7,18H,1-3,8-13H2. The molecule has 0 bridgehead atoms. The maximum atomic E-state index is 12.2. The third kappa shape index (κ3) is 4.01. The van der Waals surface area contributed by atoms with Crippen LogP contribution in [0.25, 0.3) is 0 Å². The molecule has 0 radical (unpaired) electrons. The minimum atomic E-state index is 0.0208. The molecule has 124 valence electrons. The summed E-state index contributed by atoms with van der Waals surface area (Å²) in [6.07, 6.45) is 2.51. The zero-order chi connectivity index (χ0) is 16.1. The Morgan fingerprint density at radius 3 is 2.65 bits per heavy atom. The molecule has 2 amide bonds. The average molecular weight is 317 g/mol. The van der Waals surface area contributed by atoms with E-state index in [-0.39, 0.29) is 18.4 Å². The number of amides is 2. The van der Waals surface area contributed by atoms with Crippen molar-refractivity contribution in [2.24, 2.45) is 0 Å². The molecule has 0 unspecified atom stereocenters. The minimum absolute atomic E-state index is 0.0208. The predicted octanol–water partition coefficient (Wildman–Crippen LogP) is 1.01. The third-order valence-electron chi connectivity index (χ3n) is 4.28. The number of hydrogen-bond donors (Lipinski definition) is 1. The molecule has 0 spiro atoms. The summed E-state index contributed by atoms with van der Waals surface area (Å²) in [5.74, 6) is 0.845. The number of ether oxygens (including phenoxy) is 1. The molecule has 2 saturated heterocycles. The summed E-state index contributed by atoms with van der Waals surface area (Å²) >= 11 is 0. The van der Waals surface area contributed by atoms with Crippen LogP contribution in [0.2, 0.25) is 0 Å². The third-order valence-corrected chi connectivity index (χ3v) is 4.28. The summed E-state index contributed by atoms with van der Waals surface area (Å²) in [6, 6.07) is 7.38. The van der Waals surface area contributed by atoms with E-state index in [2.05, 4.69) is 5.32 Å². The number of carbonyl (C=O) groups is 2. The van der Waals surface area contributed by atoms with Crippen molar-refractivity contribution in [2.45, 2.75) is 19.3 Å². The van der Waals surface area contributed by atoms with Crippen LogP contribution in [0.3, 0.4) is 0 Å². The van der Waals surface area contributed by atoms with Crippen LogP contribution in [-0.2, 0) is 9.59 Å². The summed E-state index contributed by atoms with van der Waals surface area (Å²) in [4.78, 5) is 27.5. The first-order chi connectivity index (χ1) is 11.2. The number of nitrogens with zero attached hydrogens (tertiary/aromatic N) is 2. The molecule has 0 atom stereocenters. The molecule has 0 aliphatic carbocycles. The normalized spacial score (nSPS) is 18.9. The Balaban J connectivity index is 1.52. The fourth-order valence-corrected chi connectivity index (χ4v) is 2.97. The van der Waals surface area contributed by atoms with E-state index in [1.807, 2.05) is 29.2 Å². The molecule has 23 heavy (non-hydrogen) atoms. The Kier molecular flexibility index (Phi) is 5.12. The van der Waals surface area contributed by atoms with Crippen molar-refractivity contribution >= 4 is 17.5 Å². The highest BCUT2D eigenvalue weighted by molar-refractivity contribution is 5.95.